The van der Waals surface area contributed by atoms with Crippen LogP contribution in [0.2, 0.25) is 0 Å². The van der Waals surface area contributed by atoms with Crippen molar-refractivity contribution >= 4 is 243 Å². The number of hydrogen-bond acceptors (Lipinski definition) is 6. The first-order chi connectivity index (χ1) is 72.4. The Kier molecular flexibility index (Phi) is 20.1. The molecule has 0 N–H and O–H groups in total. The molecule has 31 aromatic rings. The van der Waals surface area contributed by atoms with Gasteiger partial charge in [0.25, 0.3) is 0 Å². The van der Waals surface area contributed by atoms with Crippen molar-refractivity contribution < 1.29 is 0 Å². The van der Waals surface area contributed by atoms with Crippen LogP contribution in [0.3, 0.4) is 0 Å². The lowest BCUT2D eigenvalue weighted by Crippen LogP contribution is -2.74. The van der Waals surface area contributed by atoms with Gasteiger partial charge < -0.3 is 18.3 Å². The first-order valence-electron chi connectivity index (χ1n) is 49.7. The Morgan fingerprint density at radius 1 is 0.158 bits per heavy atom. The van der Waals surface area contributed by atoms with E-state index in [1.165, 1.54) is 185 Å². The molecule has 0 spiro atoms. The van der Waals surface area contributed by atoms with Crippen LogP contribution in [0.4, 0.5) is 0 Å². The van der Waals surface area contributed by atoms with E-state index in [0.717, 1.165) is 84.2 Å². The van der Waals surface area contributed by atoms with E-state index >= 15 is 0 Å². The number of pyridine rings is 3. The molecule has 146 heavy (non-hydrogen) atoms. The van der Waals surface area contributed by atoms with Crippen molar-refractivity contribution in [2.45, 2.75) is 0 Å². The Balaban J connectivity index is 0.000000105. The third kappa shape index (κ3) is 13.6. The maximum Gasteiger partial charge on any atom is 0.179 e. The summed E-state index contributed by atoms with van der Waals surface area (Å²) in [6, 6.07) is 188. The van der Waals surface area contributed by atoms with Gasteiger partial charge in [-0.25, -0.2) is 15.0 Å². The lowest BCUT2D eigenvalue weighted by Gasteiger charge is -2.34. The molecule has 682 valence electrons. The Hall–Kier alpha value is -18.1. The number of nitrogens with zero attached hydrogens (tertiary/aromatic N) is 7. The van der Waals surface area contributed by atoms with E-state index in [2.05, 4.69) is 534 Å². The van der Waals surface area contributed by atoms with Crippen LogP contribution < -0.4 is 20.7 Å². The van der Waals surface area contributed by atoms with Crippen LogP contribution in [0, 0.1) is 0 Å². The zero-order valence-electron chi connectivity index (χ0n) is 78.9. The molecule has 0 aliphatic heterocycles. The minimum Gasteiger partial charge on any atom is -0.309 e. The quantitative estimate of drug-likeness (QED) is 0.0905. The van der Waals surface area contributed by atoms with Crippen molar-refractivity contribution in [3.05, 3.63) is 516 Å². The average molecular weight is 1930 g/mol. The highest BCUT2D eigenvalue weighted by Crippen LogP contribution is 2.49. The second-order valence-corrected chi connectivity index (χ2v) is 44.8. The molecule has 0 unspecified atom stereocenters. The van der Waals surface area contributed by atoms with Crippen molar-refractivity contribution in [3.63, 3.8) is 0 Å². The van der Waals surface area contributed by atoms with Gasteiger partial charge in [0.15, 0.2) is 8.07 Å². The second-order valence-electron chi connectivity index (χ2n) is 37.8. The molecular formula is C135H85N7S3Si. The molecule has 0 fully saturated rings. The summed E-state index contributed by atoms with van der Waals surface area (Å²) >= 11 is 5.51. The summed E-state index contributed by atoms with van der Waals surface area (Å²) in [7, 11) is -2.57. The van der Waals surface area contributed by atoms with Gasteiger partial charge in [-0.3, -0.25) is 0 Å². The number of hydrogen-bond donors (Lipinski definition) is 0. The number of thiophene rings is 3. The van der Waals surface area contributed by atoms with E-state index in [4.69, 9.17) is 15.0 Å². The summed E-state index contributed by atoms with van der Waals surface area (Å²) in [5.41, 5.74) is 26.1. The van der Waals surface area contributed by atoms with Crippen molar-refractivity contribution in [1.82, 2.24) is 33.2 Å². The predicted molar refractivity (Wildman–Crippen MR) is 627 cm³/mol. The Labute approximate surface area is 852 Å². The fourth-order valence-electron chi connectivity index (χ4n) is 23.4. The molecule has 0 atom stereocenters. The van der Waals surface area contributed by atoms with Crippen molar-refractivity contribution in [2.75, 3.05) is 0 Å². The lowest BCUT2D eigenvalue weighted by atomic mass is 9.99. The van der Waals surface area contributed by atoms with Crippen LogP contribution in [0.5, 0.6) is 0 Å². The van der Waals surface area contributed by atoms with E-state index in [1.807, 2.05) is 34.0 Å². The molecule has 21 aromatic carbocycles. The molecule has 0 amide bonds. The van der Waals surface area contributed by atoms with E-state index in [9.17, 15) is 0 Å². The topological polar surface area (TPSA) is 58.4 Å². The molecule has 0 saturated heterocycles. The van der Waals surface area contributed by atoms with Crippen LogP contribution in [0.25, 0.3) is 248 Å². The molecule has 0 aliphatic carbocycles. The van der Waals surface area contributed by atoms with Gasteiger partial charge in [-0.05, 0) is 159 Å². The normalized spacial score (nSPS) is 12.0. The smallest absolute Gasteiger partial charge is 0.179 e. The molecule has 0 saturated carbocycles. The number of benzene rings is 21. The molecule has 11 heteroatoms. The van der Waals surface area contributed by atoms with Gasteiger partial charge in [-0.1, -0.05) is 388 Å². The van der Waals surface area contributed by atoms with Gasteiger partial charge >= 0.3 is 0 Å². The van der Waals surface area contributed by atoms with Crippen LogP contribution >= 0.6 is 34.0 Å². The fourth-order valence-corrected chi connectivity index (χ4v) is 31.8. The van der Waals surface area contributed by atoms with Crippen molar-refractivity contribution in [2.24, 2.45) is 0 Å². The van der Waals surface area contributed by atoms with Crippen LogP contribution in [0.15, 0.2) is 516 Å². The maximum atomic E-state index is 5.29. The monoisotopic (exact) mass is 1930 g/mol. The number of aromatic nitrogens is 7. The highest BCUT2D eigenvalue weighted by molar-refractivity contribution is 7.27. The van der Waals surface area contributed by atoms with Crippen molar-refractivity contribution in [3.8, 4) is 67.6 Å². The summed E-state index contributed by atoms with van der Waals surface area (Å²) in [6.07, 6.45) is 0. The van der Waals surface area contributed by atoms with Crippen molar-refractivity contribution in [1.29, 1.82) is 0 Å². The van der Waals surface area contributed by atoms with Crippen LogP contribution in [0.1, 0.15) is 0 Å². The summed E-state index contributed by atoms with van der Waals surface area (Å²) in [5.74, 6) is 0. The second kappa shape index (κ2) is 34.7. The first-order valence-corrected chi connectivity index (χ1v) is 54.1. The molecular weight excluding hydrogens is 1840 g/mol. The number of fused-ring (bicyclic) bond motifs is 27. The minimum atomic E-state index is -2.57. The molecule has 10 heterocycles. The molecule has 7 nitrogen and oxygen atoms in total. The summed E-state index contributed by atoms with van der Waals surface area (Å²) < 4.78 is 17.2. The standard InChI is InChI=1S/C51H31N3S.C45H27N3S.C39H27NSSi/c1-7-19-43-41(17-1)49-42-18-6-12-24-48(42)55-51(49)50(52-43)33-27-25-32(26-28-33)34-29-35(53-44-20-8-2-13-37(44)38-14-3-9-21-45(38)53)31-36(30-34)54-46-22-10-4-15-39(46)40-16-5-11-23-47(40)54;1-6-16-37-34(14-1)43-35-15-5-10-20-42(35)49-45(43)44(46-37)28-21-23-29(24-22-28)47-40-19-9-4-13-33(40)36-27-30(25-26-41(36)47)48-38-17-7-2-11-31(38)32-12-3-8-18-39(32)48;1-4-14-29(15-5-1)42(30-16-6-2-7-17-30,31-18-8-3-9-19-31)32-26-24-28(25-27-32)38-39-37(33-20-10-12-22-35(33)40-38)34-21-11-13-23-36(34)41-39/h1-31H;1-27H;1-27H. The van der Waals surface area contributed by atoms with E-state index in [-0.39, 0.29) is 0 Å². The zero-order valence-corrected chi connectivity index (χ0v) is 82.4. The highest BCUT2D eigenvalue weighted by atomic mass is 32.1. The van der Waals surface area contributed by atoms with E-state index in [1.54, 1.807) is 0 Å². The third-order valence-electron chi connectivity index (χ3n) is 29.8. The van der Waals surface area contributed by atoms with Crippen LogP contribution in [-0.2, 0) is 0 Å². The Morgan fingerprint density at radius 3 is 0.740 bits per heavy atom. The third-order valence-corrected chi connectivity index (χ3v) is 38.2. The predicted octanol–water partition coefficient (Wildman–Crippen LogP) is 34.2. The average Bonchev–Trinajstić information content (AvgIpc) is 1.65. The van der Waals surface area contributed by atoms with Gasteiger partial charge in [0.2, 0.25) is 0 Å². The molecule has 31 rings (SSSR count). The van der Waals surface area contributed by atoms with Crippen LogP contribution in [-0.4, -0.2) is 41.3 Å². The van der Waals surface area contributed by atoms with E-state index in [0.29, 0.717) is 0 Å². The lowest BCUT2D eigenvalue weighted by molar-refractivity contribution is 1.13. The van der Waals surface area contributed by atoms with Gasteiger partial charge in [-0.2, -0.15) is 0 Å². The minimum absolute atomic E-state index is 1.02. The summed E-state index contributed by atoms with van der Waals surface area (Å²) in [4.78, 5) is 15.8. The number of para-hydroxylation sites is 10. The fraction of sp³-hybridized carbons (Fsp3) is 0. The maximum absolute atomic E-state index is 5.29. The summed E-state index contributed by atoms with van der Waals surface area (Å²) in [6.45, 7) is 0. The molecule has 10 aromatic heterocycles. The molecule has 0 bridgehead atoms. The van der Waals surface area contributed by atoms with E-state index < -0.39 is 8.07 Å². The van der Waals surface area contributed by atoms with Gasteiger partial charge in [0.05, 0.1) is 91.9 Å². The SMILES string of the molecule is c1ccc([Si](c2ccccc2)(c2ccccc2)c2ccc(-c3nc4ccccc4c4c3sc3ccccc34)cc2)cc1.c1ccc2c(c1)nc(-c1ccc(-c3cc(-n4c5ccccc5c5ccccc54)cc(-n4c5ccccc5c5ccccc54)c3)cc1)c1sc3ccccc3c12.c1ccc2c(c1)nc(-c1ccc(-n3c4ccccc4c4cc(-n5c6ccccc6c6ccccc65)ccc43)cc1)c1sc3ccccc3c12. The van der Waals surface area contributed by atoms with Gasteiger partial charge in [0.1, 0.15) is 0 Å². The number of rotatable bonds is 12. The first kappa shape index (κ1) is 84.8. The Bertz CT molecular complexity index is 10300. The largest absolute Gasteiger partial charge is 0.309 e. The van der Waals surface area contributed by atoms with Gasteiger partial charge in [0, 0.05) is 145 Å². The molecule has 0 radical (unpaired) electrons. The zero-order chi connectivity index (χ0) is 96.0. The summed E-state index contributed by atoms with van der Waals surface area (Å²) in [5, 5.41) is 27.0. The Morgan fingerprint density at radius 2 is 0.397 bits per heavy atom. The van der Waals surface area contributed by atoms with Gasteiger partial charge in [-0.15, -0.1) is 34.0 Å². The highest BCUT2D eigenvalue weighted by Gasteiger charge is 2.42. The molecule has 0 aliphatic rings.